The van der Waals surface area contributed by atoms with Crippen LogP contribution in [0.1, 0.15) is 6.42 Å². The number of alkyl halides is 2. The van der Waals surface area contributed by atoms with Gasteiger partial charge in [0.25, 0.3) is 0 Å². The average Bonchev–Trinajstić information content (AvgIpc) is 2.12. The molecule has 0 bridgehead atoms. The standard InChI is InChI=1S/C9H9Cl3O2/c10-8(11)4-5-14-7-3-1-2-6(13)9(7)12/h1-3,8,13H,4-5H2. The van der Waals surface area contributed by atoms with Gasteiger partial charge in [0.2, 0.25) is 0 Å². The summed E-state index contributed by atoms with van der Waals surface area (Å²) < 4.78 is 5.27. The minimum atomic E-state index is -0.453. The second kappa shape index (κ2) is 5.54. The molecule has 0 aliphatic heterocycles. The topological polar surface area (TPSA) is 29.5 Å². The van der Waals surface area contributed by atoms with Crippen LogP contribution in [0, 0.1) is 0 Å². The van der Waals surface area contributed by atoms with Crippen molar-refractivity contribution in [2.75, 3.05) is 6.61 Å². The molecule has 0 aliphatic carbocycles. The maximum atomic E-state index is 9.24. The Labute approximate surface area is 97.3 Å². The largest absolute Gasteiger partial charge is 0.506 e. The van der Waals surface area contributed by atoms with Gasteiger partial charge >= 0.3 is 0 Å². The molecule has 0 saturated carbocycles. The fourth-order valence-corrected chi connectivity index (χ4v) is 1.23. The van der Waals surface area contributed by atoms with E-state index in [1.54, 1.807) is 12.1 Å². The molecule has 0 aromatic heterocycles. The van der Waals surface area contributed by atoms with Gasteiger partial charge in [-0.1, -0.05) is 17.7 Å². The molecule has 0 radical (unpaired) electrons. The summed E-state index contributed by atoms with van der Waals surface area (Å²) in [6.45, 7) is 0.362. The summed E-state index contributed by atoms with van der Waals surface area (Å²) in [5.41, 5.74) is 0. The number of aromatic hydroxyl groups is 1. The van der Waals surface area contributed by atoms with Gasteiger partial charge in [-0.2, -0.15) is 0 Å². The maximum Gasteiger partial charge on any atom is 0.141 e. The summed E-state index contributed by atoms with van der Waals surface area (Å²) in [5.74, 6) is 0.429. The van der Waals surface area contributed by atoms with Crippen LogP contribution in [0.4, 0.5) is 0 Å². The van der Waals surface area contributed by atoms with Crippen LogP contribution in [-0.4, -0.2) is 16.5 Å². The Balaban J connectivity index is 2.54. The Morgan fingerprint density at radius 1 is 1.36 bits per heavy atom. The Bertz CT molecular complexity index is 302. The minimum Gasteiger partial charge on any atom is -0.506 e. The Kier molecular flexibility index (Phi) is 4.66. The first-order valence-corrected chi connectivity index (χ1v) is 5.24. The van der Waals surface area contributed by atoms with E-state index in [0.717, 1.165) is 0 Å². The number of rotatable bonds is 4. The first kappa shape index (κ1) is 11.8. The summed E-state index contributed by atoms with van der Waals surface area (Å²) in [7, 11) is 0. The third-order valence-electron chi connectivity index (χ3n) is 1.54. The summed E-state index contributed by atoms with van der Waals surface area (Å²) >= 11 is 16.8. The van der Waals surface area contributed by atoms with Gasteiger partial charge in [0.05, 0.1) is 6.61 Å². The molecule has 1 aromatic carbocycles. The number of phenols is 1. The highest BCUT2D eigenvalue weighted by molar-refractivity contribution is 6.44. The first-order chi connectivity index (χ1) is 6.61. The normalized spacial score (nSPS) is 10.6. The van der Waals surface area contributed by atoms with Gasteiger partial charge in [-0.05, 0) is 12.1 Å². The van der Waals surface area contributed by atoms with Crippen molar-refractivity contribution in [2.45, 2.75) is 11.3 Å². The van der Waals surface area contributed by atoms with Crippen LogP contribution < -0.4 is 4.74 Å². The van der Waals surface area contributed by atoms with Crippen molar-refractivity contribution in [1.29, 1.82) is 0 Å². The SMILES string of the molecule is Oc1cccc(OCCC(Cl)Cl)c1Cl. The molecular formula is C9H9Cl3O2. The van der Waals surface area contributed by atoms with Gasteiger partial charge in [-0.3, -0.25) is 0 Å². The van der Waals surface area contributed by atoms with Gasteiger partial charge in [0.15, 0.2) is 0 Å². The molecular weight excluding hydrogens is 246 g/mol. The molecule has 0 saturated heterocycles. The van der Waals surface area contributed by atoms with Gasteiger partial charge in [0.1, 0.15) is 21.4 Å². The van der Waals surface area contributed by atoms with Crippen LogP contribution in [-0.2, 0) is 0 Å². The zero-order valence-corrected chi connectivity index (χ0v) is 9.48. The van der Waals surface area contributed by atoms with Crippen molar-refractivity contribution in [1.82, 2.24) is 0 Å². The quantitative estimate of drug-likeness (QED) is 0.833. The van der Waals surface area contributed by atoms with E-state index in [1.165, 1.54) is 6.07 Å². The minimum absolute atomic E-state index is 0.00235. The predicted molar refractivity (Wildman–Crippen MR) is 58.7 cm³/mol. The van der Waals surface area contributed by atoms with E-state index in [0.29, 0.717) is 18.8 Å². The van der Waals surface area contributed by atoms with E-state index in [1.807, 2.05) is 0 Å². The first-order valence-electron chi connectivity index (χ1n) is 3.99. The molecule has 0 heterocycles. The van der Waals surface area contributed by atoms with Gasteiger partial charge < -0.3 is 9.84 Å². The van der Waals surface area contributed by atoms with Gasteiger partial charge in [-0.15, -0.1) is 23.2 Å². The zero-order chi connectivity index (χ0) is 10.6. The van der Waals surface area contributed by atoms with Crippen LogP contribution in [0.3, 0.4) is 0 Å². The van der Waals surface area contributed by atoms with Crippen LogP contribution in [0.25, 0.3) is 0 Å². The molecule has 1 rings (SSSR count). The third-order valence-corrected chi connectivity index (χ3v) is 2.35. The van der Waals surface area contributed by atoms with Crippen LogP contribution in [0.15, 0.2) is 18.2 Å². The second-order valence-corrected chi connectivity index (χ2v) is 4.27. The summed E-state index contributed by atoms with van der Waals surface area (Å²) in [5, 5.41) is 9.45. The summed E-state index contributed by atoms with van der Waals surface area (Å²) in [4.78, 5) is -0.453. The molecule has 0 fully saturated rings. The molecule has 2 nitrogen and oxygen atoms in total. The van der Waals surface area contributed by atoms with E-state index < -0.39 is 4.84 Å². The number of ether oxygens (including phenoxy) is 1. The van der Waals surface area contributed by atoms with Crippen molar-refractivity contribution in [3.8, 4) is 11.5 Å². The van der Waals surface area contributed by atoms with Gasteiger partial charge in [-0.25, -0.2) is 0 Å². The average molecular weight is 256 g/mol. The molecule has 1 aromatic rings. The molecule has 78 valence electrons. The highest BCUT2D eigenvalue weighted by Gasteiger charge is 2.06. The molecule has 0 amide bonds. The molecule has 1 N–H and O–H groups in total. The van der Waals surface area contributed by atoms with E-state index in [2.05, 4.69) is 0 Å². The molecule has 0 aliphatic rings. The monoisotopic (exact) mass is 254 g/mol. The third kappa shape index (κ3) is 3.45. The van der Waals surface area contributed by atoms with Crippen LogP contribution in [0.5, 0.6) is 11.5 Å². The smallest absolute Gasteiger partial charge is 0.141 e. The lowest BCUT2D eigenvalue weighted by molar-refractivity contribution is 0.314. The van der Waals surface area contributed by atoms with Crippen molar-refractivity contribution < 1.29 is 9.84 Å². The number of hydrogen-bond donors (Lipinski definition) is 1. The molecule has 14 heavy (non-hydrogen) atoms. The summed E-state index contributed by atoms with van der Waals surface area (Å²) in [6.07, 6.45) is 0.509. The Morgan fingerprint density at radius 2 is 2.07 bits per heavy atom. The van der Waals surface area contributed by atoms with E-state index in [9.17, 15) is 5.11 Å². The highest BCUT2D eigenvalue weighted by Crippen LogP contribution is 2.32. The van der Waals surface area contributed by atoms with Gasteiger partial charge in [0, 0.05) is 6.42 Å². The second-order valence-electron chi connectivity index (χ2n) is 2.62. The lowest BCUT2D eigenvalue weighted by Gasteiger charge is -2.08. The van der Waals surface area contributed by atoms with E-state index in [4.69, 9.17) is 39.5 Å². The lowest BCUT2D eigenvalue weighted by atomic mass is 10.3. The van der Waals surface area contributed by atoms with E-state index in [-0.39, 0.29) is 10.8 Å². The number of benzene rings is 1. The highest BCUT2D eigenvalue weighted by atomic mass is 35.5. The number of phenolic OH excluding ortho intramolecular Hbond substituents is 1. The summed E-state index contributed by atoms with van der Waals surface area (Å²) in [6, 6.07) is 4.80. The maximum absolute atomic E-state index is 9.24. The predicted octanol–water partition coefficient (Wildman–Crippen LogP) is 3.62. The van der Waals surface area contributed by atoms with Crippen molar-refractivity contribution in [3.63, 3.8) is 0 Å². The fraction of sp³-hybridized carbons (Fsp3) is 0.333. The van der Waals surface area contributed by atoms with E-state index >= 15 is 0 Å². The number of hydrogen-bond acceptors (Lipinski definition) is 2. The molecule has 0 unspecified atom stereocenters. The van der Waals surface area contributed by atoms with Crippen molar-refractivity contribution in [2.24, 2.45) is 0 Å². The van der Waals surface area contributed by atoms with Crippen molar-refractivity contribution in [3.05, 3.63) is 23.2 Å². The molecule has 0 atom stereocenters. The Morgan fingerprint density at radius 3 is 2.71 bits per heavy atom. The van der Waals surface area contributed by atoms with Crippen molar-refractivity contribution >= 4 is 34.8 Å². The Hall–Kier alpha value is -0.310. The zero-order valence-electron chi connectivity index (χ0n) is 7.21. The number of halogens is 3. The fourth-order valence-electron chi connectivity index (χ4n) is 0.869. The van der Waals surface area contributed by atoms with Crippen LogP contribution >= 0.6 is 34.8 Å². The van der Waals surface area contributed by atoms with Crippen LogP contribution in [0.2, 0.25) is 5.02 Å². The lowest BCUT2D eigenvalue weighted by Crippen LogP contribution is -2.01. The molecule has 0 spiro atoms. The molecule has 5 heteroatoms.